The van der Waals surface area contributed by atoms with E-state index in [4.69, 9.17) is 9.84 Å². The fraction of sp³-hybridized carbons (Fsp3) is 0.133. The van der Waals surface area contributed by atoms with Crippen molar-refractivity contribution in [3.63, 3.8) is 0 Å². The van der Waals surface area contributed by atoms with Gasteiger partial charge in [-0.25, -0.2) is 9.78 Å². The number of nitrogens with one attached hydrogen (secondary N) is 1. The van der Waals surface area contributed by atoms with Gasteiger partial charge in [-0.05, 0) is 18.2 Å². The number of hydrogen-bond donors (Lipinski definition) is 2. The number of para-hydroxylation sites is 1. The van der Waals surface area contributed by atoms with Crippen LogP contribution >= 0.6 is 0 Å². The summed E-state index contributed by atoms with van der Waals surface area (Å²) in [4.78, 5) is 26.6. The Morgan fingerprint density at radius 2 is 1.95 bits per heavy atom. The molecule has 2 rings (SSSR count). The van der Waals surface area contributed by atoms with Crippen molar-refractivity contribution in [2.45, 2.75) is 6.42 Å². The van der Waals surface area contributed by atoms with E-state index in [1.54, 1.807) is 12.1 Å². The molecular formula is C15H14N2O4. The predicted octanol–water partition coefficient (Wildman–Crippen LogP) is 1.97. The van der Waals surface area contributed by atoms with Crippen LogP contribution in [0.5, 0.6) is 5.75 Å². The summed E-state index contributed by atoms with van der Waals surface area (Å²) in [7, 11) is 1.54. The Kier molecular flexibility index (Phi) is 4.50. The molecule has 0 fully saturated rings. The van der Waals surface area contributed by atoms with Crippen molar-refractivity contribution in [1.29, 1.82) is 0 Å². The normalized spacial score (nSPS) is 9.95. The molecule has 108 valence electrons. The molecule has 0 spiro atoms. The van der Waals surface area contributed by atoms with Crippen LogP contribution in [-0.2, 0) is 11.2 Å². The van der Waals surface area contributed by atoms with Gasteiger partial charge in [0, 0.05) is 5.56 Å². The second-order valence-corrected chi connectivity index (χ2v) is 4.25. The van der Waals surface area contributed by atoms with Crippen LogP contribution in [-0.4, -0.2) is 29.1 Å². The number of aromatic nitrogens is 1. The van der Waals surface area contributed by atoms with Gasteiger partial charge in [0.15, 0.2) is 5.69 Å². The number of aromatic carboxylic acids is 1. The van der Waals surface area contributed by atoms with E-state index in [-0.39, 0.29) is 23.8 Å². The molecule has 2 aromatic rings. The number of rotatable bonds is 5. The number of benzene rings is 1. The Bertz CT molecular complexity index is 670. The predicted molar refractivity (Wildman–Crippen MR) is 76.5 cm³/mol. The van der Waals surface area contributed by atoms with E-state index in [1.807, 2.05) is 12.1 Å². The van der Waals surface area contributed by atoms with Gasteiger partial charge in [0.25, 0.3) is 0 Å². The molecule has 0 radical (unpaired) electrons. The third-order valence-electron chi connectivity index (χ3n) is 2.78. The highest BCUT2D eigenvalue weighted by Crippen LogP contribution is 2.18. The summed E-state index contributed by atoms with van der Waals surface area (Å²) in [5, 5.41) is 11.4. The van der Waals surface area contributed by atoms with Crippen molar-refractivity contribution in [1.82, 2.24) is 4.98 Å². The molecule has 6 heteroatoms. The van der Waals surface area contributed by atoms with Crippen molar-refractivity contribution in [2.75, 3.05) is 12.4 Å². The molecule has 21 heavy (non-hydrogen) atoms. The van der Waals surface area contributed by atoms with E-state index in [2.05, 4.69) is 10.3 Å². The SMILES string of the molecule is COc1ccccc1CC(=O)Nc1cccc(C(=O)O)n1. The zero-order valence-corrected chi connectivity index (χ0v) is 11.4. The van der Waals surface area contributed by atoms with Gasteiger partial charge in [-0.1, -0.05) is 24.3 Å². The minimum absolute atomic E-state index is 0.114. The smallest absolute Gasteiger partial charge is 0.354 e. The number of ether oxygens (including phenoxy) is 1. The van der Waals surface area contributed by atoms with Crippen molar-refractivity contribution >= 4 is 17.7 Å². The number of amides is 1. The first kappa shape index (κ1) is 14.5. The Balaban J connectivity index is 2.08. The monoisotopic (exact) mass is 286 g/mol. The quantitative estimate of drug-likeness (QED) is 0.877. The standard InChI is InChI=1S/C15H14N2O4/c1-21-12-7-3-2-5-10(12)9-14(18)17-13-8-4-6-11(16-13)15(19)20/h2-8H,9H2,1H3,(H,19,20)(H,16,17,18). The minimum Gasteiger partial charge on any atom is -0.496 e. The first-order chi connectivity index (χ1) is 10.1. The average molecular weight is 286 g/mol. The van der Waals surface area contributed by atoms with E-state index < -0.39 is 5.97 Å². The lowest BCUT2D eigenvalue weighted by atomic mass is 10.1. The molecule has 0 aliphatic heterocycles. The average Bonchev–Trinajstić information content (AvgIpc) is 2.48. The second-order valence-electron chi connectivity index (χ2n) is 4.25. The van der Waals surface area contributed by atoms with Crippen molar-refractivity contribution < 1.29 is 19.4 Å². The lowest BCUT2D eigenvalue weighted by molar-refractivity contribution is -0.115. The Hall–Kier alpha value is -2.89. The molecule has 1 heterocycles. The number of pyridine rings is 1. The molecule has 2 N–H and O–H groups in total. The van der Waals surface area contributed by atoms with Crippen LogP contribution in [0.2, 0.25) is 0 Å². The van der Waals surface area contributed by atoms with Crippen LogP contribution in [0.4, 0.5) is 5.82 Å². The van der Waals surface area contributed by atoms with E-state index >= 15 is 0 Å². The van der Waals surface area contributed by atoms with Crippen molar-refractivity contribution in [3.8, 4) is 5.75 Å². The molecule has 0 bridgehead atoms. The van der Waals surface area contributed by atoms with Crippen molar-refractivity contribution in [2.24, 2.45) is 0 Å². The van der Waals surface area contributed by atoms with Gasteiger partial charge < -0.3 is 15.2 Å². The maximum Gasteiger partial charge on any atom is 0.354 e. The summed E-state index contributed by atoms with van der Waals surface area (Å²) < 4.78 is 5.17. The summed E-state index contributed by atoms with van der Waals surface area (Å²) in [5.74, 6) is -0.611. The molecule has 6 nitrogen and oxygen atoms in total. The minimum atomic E-state index is -1.14. The summed E-state index contributed by atoms with van der Waals surface area (Å²) >= 11 is 0. The zero-order chi connectivity index (χ0) is 15.2. The molecule has 0 aliphatic carbocycles. The molecule has 1 aromatic carbocycles. The first-order valence-corrected chi connectivity index (χ1v) is 6.22. The van der Waals surface area contributed by atoms with Crippen LogP contribution in [0, 0.1) is 0 Å². The van der Waals surface area contributed by atoms with Crippen LogP contribution in [0.25, 0.3) is 0 Å². The number of hydrogen-bond acceptors (Lipinski definition) is 4. The van der Waals surface area contributed by atoms with Crippen LogP contribution < -0.4 is 10.1 Å². The maximum absolute atomic E-state index is 12.0. The van der Waals surface area contributed by atoms with Gasteiger partial charge in [-0.15, -0.1) is 0 Å². The summed E-state index contributed by atoms with van der Waals surface area (Å²) in [6.45, 7) is 0. The van der Waals surface area contributed by atoms with Gasteiger partial charge >= 0.3 is 5.97 Å². The molecule has 0 aliphatic rings. The van der Waals surface area contributed by atoms with Gasteiger partial charge in [-0.3, -0.25) is 4.79 Å². The van der Waals surface area contributed by atoms with Gasteiger partial charge in [0.2, 0.25) is 5.91 Å². The largest absolute Gasteiger partial charge is 0.496 e. The lowest BCUT2D eigenvalue weighted by Gasteiger charge is -2.08. The van der Waals surface area contributed by atoms with Crippen LogP contribution in [0.3, 0.4) is 0 Å². The number of carboxylic acids is 1. The number of carbonyl (C=O) groups excluding carboxylic acids is 1. The van der Waals surface area contributed by atoms with Gasteiger partial charge in [0.05, 0.1) is 13.5 Å². The number of nitrogens with zero attached hydrogens (tertiary/aromatic N) is 1. The maximum atomic E-state index is 12.0. The summed E-state index contributed by atoms with van der Waals surface area (Å²) in [5.41, 5.74) is 0.622. The Morgan fingerprint density at radius 1 is 1.19 bits per heavy atom. The lowest BCUT2D eigenvalue weighted by Crippen LogP contribution is -2.16. The third kappa shape index (κ3) is 3.79. The van der Waals surface area contributed by atoms with E-state index in [9.17, 15) is 9.59 Å². The highest BCUT2D eigenvalue weighted by atomic mass is 16.5. The fourth-order valence-electron chi connectivity index (χ4n) is 1.83. The molecule has 0 atom stereocenters. The highest BCUT2D eigenvalue weighted by Gasteiger charge is 2.10. The number of anilines is 1. The topological polar surface area (TPSA) is 88.5 Å². The van der Waals surface area contributed by atoms with E-state index in [0.29, 0.717) is 5.75 Å². The second kappa shape index (κ2) is 6.51. The van der Waals surface area contributed by atoms with Gasteiger partial charge in [0.1, 0.15) is 11.6 Å². The van der Waals surface area contributed by atoms with E-state index in [1.165, 1.54) is 25.3 Å². The van der Waals surface area contributed by atoms with Crippen LogP contribution in [0.15, 0.2) is 42.5 Å². The zero-order valence-electron chi connectivity index (χ0n) is 11.4. The highest BCUT2D eigenvalue weighted by molar-refractivity contribution is 5.92. The number of carbonyl (C=O) groups is 2. The Labute approximate surface area is 121 Å². The van der Waals surface area contributed by atoms with Crippen LogP contribution in [0.1, 0.15) is 16.1 Å². The number of carboxylic acid groups (broad SMARTS) is 1. The summed E-state index contributed by atoms with van der Waals surface area (Å²) in [6, 6.07) is 11.6. The van der Waals surface area contributed by atoms with E-state index in [0.717, 1.165) is 5.56 Å². The molecular weight excluding hydrogens is 272 g/mol. The number of methoxy groups -OCH3 is 1. The molecule has 0 saturated carbocycles. The molecule has 1 aromatic heterocycles. The fourth-order valence-corrected chi connectivity index (χ4v) is 1.83. The molecule has 0 unspecified atom stereocenters. The van der Waals surface area contributed by atoms with Crippen molar-refractivity contribution in [3.05, 3.63) is 53.7 Å². The molecule has 0 saturated heterocycles. The third-order valence-corrected chi connectivity index (χ3v) is 2.78. The molecule has 1 amide bonds. The first-order valence-electron chi connectivity index (χ1n) is 6.22. The van der Waals surface area contributed by atoms with Gasteiger partial charge in [-0.2, -0.15) is 0 Å². The Morgan fingerprint density at radius 3 is 2.67 bits per heavy atom. The summed E-state index contributed by atoms with van der Waals surface area (Å²) in [6.07, 6.45) is 0.114.